The summed E-state index contributed by atoms with van der Waals surface area (Å²) in [7, 11) is -3.47. The standard InChI is InChI=1S/C18H21BrN2O4S/c1-4-25-14-6-8-16(17(10-14)26(3,23)24)20-11-18(22)21-13-5-7-15(19)12(2)9-13/h5-10,20H,4,11H2,1-3H3,(H,21,22). The molecule has 0 fully saturated rings. The van der Waals surface area contributed by atoms with E-state index in [4.69, 9.17) is 4.74 Å². The smallest absolute Gasteiger partial charge is 0.243 e. The molecule has 140 valence electrons. The van der Waals surface area contributed by atoms with Crippen molar-refractivity contribution in [1.29, 1.82) is 0 Å². The summed E-state index contributed by atoms with van der Waals surface area (Å²) >= 11 is 3.41. The molecule has 2 aromatic carbocycles. The summed E-state index contributed by atoms with van der Waals surface area (Å²) in [5.74, 6) is 0.188. The van der Waals surface area contributed by atoms with E-state index in [2.05, 4.69) is 26.6 Å². The second kappa shape index (κ2) is 8.55. The average Bonchev–Trinajstić information content (AvgIpc) is 2.56. The van der Waals surface area contributed by atoms with Gasteiger partial charge in [-0.15, -0.1) is 0 Å². The van der Waals surface area contributed by atoms with Gasteiger partial charge in [-0.25, -0.2) is 8.42 Å². The SMILES string of the molecule is CCOc1ccc(NCC(=O)Nc2ccc(Br)c(C)c2)c(S(C)(=O)=O)c1. The number of halogens is 1. The minimum absolute atomic E-state index is 0.0639. The van der Waals surface area contributed by atoms with E-state index < -0.39 is 9.84 Å². The maximum Gasteiger partial charge on any atom is 0.243 e. The van der Waals surface area contributed by atoms with Crippen LogP contribution in [0.1, 0.15) is 12.5 Å². The highest BCUT2D eigenvalue weighted by molar-refractivity contribution is 9.10. The van der Waals surface area contributed by atoms with Gasteiger partial charge in [0.15, 0.2) is 9.84 Å². The summed E-state index contributed by atoms with van der Waals surface area (Å²) in [6.07, 6.45) is 1.12. The van der Waals surface area contributed by atoms with E-state index in [9.17, 15) is 13.2 Å². The zero-order chi connectivity index (χ0) is 19.3. The van der Waals surface area contributed by atoms with Crippen LogP contribution < -0.4 is 15.4 Å². The molecule has 0 aliphatic rings. The lowest BCUT2D eigenvalue weighted by molar-refractivity contribution is -0.114. The summed E-state index contributed by atoms with van der Waals surface area (Å²) in [5, 5.41) is 5.65. The molecular weight excluding hydrogens is 420 g/mol. The van der Waals surface area contributed by atoms with Gasteiger partial charge in [0, 0.05) is 22.5 Å². The van der Waals surface area contributed by atoms with Crippen molar-refractivity contribution in [3.05, 3.63) is 46.4 Å². The molecule has 2 aromatic rings. The van der Waals surface area contributed by atoms with Crippen LogP contribution in [-0.4, -0.2) is 33.7 Å². The molecule has 0 aliphatic carbocycles. The van der Waals surface area contributed by atoms with Crippen LogP contribution in [0.4, 0.5) is 11.4 Å². The van der Waals surface area contributed by atoms with Crippen molar-refractivity contribution < 1.29 is 17.9 Å². The lowest BCUT2D eigenvalue weighted by Crippen LogP contribution is -2.22. The van der Waals surface area contributed by atoms with Gasteiger partial charge in [0.2, 0.25) is 5.91 Å². The molecule has 2 rings (SSSR count). The van der Waals surface area contributed by atoms with Crippen LogP contribution >= 0.6 is 15.9 Å². The van der Waals surface area contributed by atoms with Crippen molar-refractivity contribution in [2.75, 3.05) is 30.0 Å². The third-order valence-electron chi connectivity index (χ3n) is 3.54. The molecule has 0 saturated carbocycles. The van der Waals surface area contributed by atoms with Gasteiger partial charge in [-0.2, -0.15) is 0 Å². The normalized spacial score (nSPS) is 11.1. The Hall–Kier alpha value is -2.06. The largest absolute Gasteiger partial charge is 0.494 e. The molecule has 26 heavy (non-hydrogen) atoms. The molecule has 2 N–H and O–H groups in total. The fourth-order valence-corrected chi connectivity index (χ4v) is 3.43. The molecule has 0 heterocycles. The number of nitrogens with one attached hydrogen (secondary N) is 2. The molecule has 0 aromatic heterocycles. The van der Waals surface area contributed by atoms with E-state index in [-0.39, 0.29) is 17.3 Å². The van der Waals surface area contributed by atoms with E-state index in [1.807, 2.05) is 26.0 Å². The first-order valence-electron chi connectivity index (χ1n) is 7.97. The predicted molar refractivity (Wildman–Crippen MR) is 107 cm³/mol. The lowest BCUT2D eigenvalue weighted by Gasteiger charge is -2.13. The fraction of sp³-hybridized carbons (Fsp3) is 0.278. The van der Waals surface area contributed by atoms with Crippen LogP contribution in [0, 0.1) is 6.92 Å². The van der Waals surface area contributed by atoms with Gasteiger partial charge in [0.1, 0.15) is 5.75 Å². The zero-order valence-electron chi connectivity index (χ0n) is 14.8. The molecule has 0 atom stereocenters. The molecule has 0 spiro atoms. The zero-order valence-corrected chi connectivity index (χ0v) is 17.2. The third-order valence-corrected chi connectivity index (χ3v) is 5.57. The van der Waals surface area contributed by atoms with E-state index in [0.717, 1.165) is 16.3 Å². The fourth-order valence-electron chi connectivity index (χ4n) is 2.32. The van der Waals surface area contributed by atoms with Gasteiger partial charge in [0.05, 0.1) is 23.7 Å². The van der Waals surface area contributed by atoms with Crippen molar-refractivity contribution in [2.45, 2.75) is 18.7 Å². The van der Waals surface area contributed by atoms with Crippen molar-refractivity contribution >= 4 is 43.0 Å². The Kier molecular flexibility index (Phi) is 6.66. The first kappa shape index (κ1) is 20.3. The minimum Gasteiger partial charge on any atom is -0.494 e. The number of anilines is 2. The van der Waals surface area contributed by atoms with Crippen LogP contribution in [-0.2, 0) is 14.6 Å². The third kappa shape index (κ3) is 5.47. The van der Waals surface area contributed by atoms with E-state index in [0.29, 0.717) is 23.7 Å². The Morgan fingerprint density at radius 2 is 1.92 bits per heavy atom. The molecule has 1 amide bonds. The summed E-state index contributed by atoms with van der Waals surface area (Å²) in [4.78, 5) is 12.2. The summed E-state index contributed by atoms with van der Waals surface area (Å²) in [6, 6.07) is 10.2. The van der Waals surface area contributed by atoms with Crippen LogP contribution in [0.15, 0.2) is 45.8 Å². The van der Waals surface area contributed by atoms with Gasteiger partial charge in [-0.05, 0) is 49.7 Å². The lowest BCUT2D eigenvalue weighted by atomic mass is 10.2. The van der Waals surface area contributed by atoms with E-state index >= 15 is 0 Å². The highest BCUT2D eigenvalue weighted by Gasteiger charge is 2.15. The summed E-state index contributed by atoms with van der Waals surface area (Å²) < 4.78 is 30.3. The number of hydrogen-bond donors (Lipinski definition) is 2. The van der Waals surface area contributed by atoms with Crippen LogP contribution in [0.2, 0.25) is 0 Å². The monoisotopic (exact) mass is 440 g/mol. The number of aryl methyl sites for hydroxylation is 1. The highest BCUT2D eigenvalue weighted by Crippen LogP contribution is 2.26. The van der Waals surface area contributed by atoms with Gasteiger partial charge in [0.25, 0.3) is 0 Å². The van der Waals surface area contributed by atoms with Gasteiger partial charge >= 0.3 is 0 Å². The Morgan fingerprint density at radius 1 is 1.19 bits per heavy atom. The second-order valence-electron chi connectivity index (χ2n) is 5.73. The first-order valence-corrected chi connectivity index (χ1v) is 10.7. The number of sulfone groups is 1. The number of carbonyl (C=O) groups is 1. The van der Waals surface area contributed by atoms with Gasteiger partial charge < -0.3 is 15.4 Å². The topological polar surface area (TPSA) is 84.5 Å². The maximum atomic E-state index is 12.2. The molecule has 0 bridgehead atoms. The minimum atomic E-state index is -3.47. The molecule has 0 saturated heterocycles. The quantitative estimate of drug-likeness (QED) is 0.686. The average molecular weight is 441 g/mol. The molecule has 0 unspecified atom stereocenters. The first-order chi connectivity index (χ1) is 12.2. The highest BCUT2D eigenvalue weighted by atomic mass is 79.9. The van der Waals surface area contributed by atoms with Gasteiger partial charge in [-0.3, -0.25) is 4.79 Å². The Bertz CT molecular complexity index is 913. The van der Waals surface area contributed by atoms with Crippen molar-refractivity contribution in [3.8, 4) is 5.75 Å². The van der Waals surface area contributed by atoms with Crippen molar-refractivity contribution in [1.82, 2.24) is 0 Å². The Morgan fingerprint density at radius 3 is 2.54 bits per heavy atom. The van der Waals surface area contributed by atoms with Gasteiger partial charge in [-0.1, -0.05) is 15.9 Å². The number of benzene rings is 2. The molecule has 0 aliphatic heterocycles. The number of rotatable bonds is 7. The number of amides is 1. The Labute approximate surface area is 162 Å². The second-order valence-corrected chi connectivity index (χ2v) is 8.57. The molecule has 0 radical (unpaired) electrons. The van der Waals surface area contributed by atoms with Crippen LogP contribution in [0.25, 0.3) is 0 Å². The maximum absolute atomic E-state index is 12.2. The summed E-state index contributed by atoms with van der Waals surface area (Å²) in [6.45, 7) is 4.12. The van der Waals surface area contributed by atoms with Crippen molar-refractivity contribution in [3.63, 3.8) is 0 Å². The predicted octanol–water partition coefficient (Wildman–Crippen LogP) is 3.61. The number of hydrogen-bond acceptors (Lipinski definition) is 5. The van der Waals surface area contributed by atoms with Crippen LogP contribution in [0.3, 0.4) is 0 Å². The number of ether oxygens (including phenoxy) is 1. The van der Waals surface area contributed by atoms with Crippen molar-refractivity contribution in [2.24, 2.45) is 0 Å². The molecule has 8 heteroatoms. The molecular formula is C18H21BrN2O4S. The van der Waals surface area contributed by atoms with E-state index in [1.54, 1.807) is 18.2 Å². The Balaban J connectivity index is 2.10. The number of carbonyl (C=O) groups excluding carboxylic acids is 1. The molecule has 6 nitrogen and oxygen atoms in total. The summed E-state index contributed by atoms with van der Waals surface area (Å²) in [5.41, 5.74) is 2.03. The van der Waals surface area contributed by atoms with E-state index in [1.165, 1.54) is 6.07 Å². The van der Waals surface area contributed by atoms with Crippen LogP contribution in [0.5, 0.6) is 5.75 Å².